The molecule has 3 rings (SSSR count). The van der Waals surface area contributed by atoms with Crippen LogP contribution in [0.1, 0.15) is 30.9 Å². The van der Waals surface area contributed by atoms with Crippen molar-refractivity contribution in [3.63, 3.8) is 0 Å². The van der Waals surface area contributed by atoms with Gasteiger partial charge in [0.05, 0.1) is 6.21 Å². The van der Waals surface area contributed by atoms with E-state index in [1.165, 1.54) is 6.21 Å². The Morgan fingerprint density at radius 3 is 2.29 bits per heavy atom. The highest BCUT2D eigenvalue weighted by molar-refractivity contribution is 6.39. The first-order valence-electron chi connectivity index (χ1n) is 10.8. The van der Waals surface area contributed by atoms with Crippen LogP contribution in [0.4, 0.5) is 11.4 Å². The summed E-state index contributed by atoms with van der Waals surface area (Å²) in [6, 6.07) is 20.8. The summed E-state index contributed by atoms with van der Waals surface area (Å²) in [5.41, 5.74) is 5.08. The van der Waals surface area contributed by atoms with Gasteiger partial charge in [-0.15, -0.1) is 0 Å². The third-order valence-corrected chi connectivity index (χ3v) is 5.01. The van der Waals surface area contributed by atoms with E-state index < -0.39 is 11.8 Å². The molecule has 3 N–H and O–H groups in total. The summed E-state index contributed by atoms with van der Waals surface area (Å²) in [4.78, 5) is 36.0. The number of carbonyl (C=O) groups excluding carboxylic acids is 3. The van der Waals surface area contributed by atoms with Gasteiger partial charge in [-0.1, -0.05) is 43.6 Å². The van der Waals surface area contributed by atoms with Crippen LogP contribution >= 0.6 is 11.6 Å². The Hall–Kier alpha value is -4.17. The van der Waals surface area contributed by atoms with Crippen LogP contribution in [0, 0.1) is 0 Å². The summed E-state index contributed by atoms with van der Waals surface area (Å²) in [5.74, 6) is -1.18. The Kier molecular flexibility index (Phi) is 8.97. The van der Waals surface area contributed by atoms with E-state index in [4.69, 9.17) is 16.3 Å². The van der Waals surface area contributed by atoms with Gasteiger partial charge in [0.15, 0.2) is 6.61 Å². The molecule has 35 heavy (non-hydrogen) atoms. The molecule has 0 saturated heterocycles. The van der Waals surface area contributed by atoms with E-state index in [0.29, 0.717) is 33.6 Å². The largest absolute Gasteiger partial charge is 0.484 e. The number of nitrogens with one attached hydrogen (secondary N) is 3. The molecule has 0 aromatic heterocycles. The van der Waals surface area contributed by atoms with E-state index in [1.807, 2.05) is 12.1 Å². The van der Waals surface area contributed by atoms with Gasteiger partial charge in [-0.3, -0.25) is 14.4 Å². The van der Waals surface area contributed by atoms with Crippen molar-refractivity contribution in [1.29, 1.82) is 0 Å². The highest BCUT2D eigenvalue weighted by Gasteiger charge is 2.13. The average Bonchev–Trinajstić information content (AvgIpc) is 2.84. The van der Waals surface area contributed by atoms with E-state index >= 15 is 0 Å². The molecule has 180 valence electrons. The molecule has 8 nitrogen and oxygen atoms in total. The molecular formula is C26H25ClN4O4. The molecule has 0 spiro atoms. The van der Waals surface area contributed by atoms with E-state index in [9.17, 15) is 14.4 Å². The zero-order valence-corrected chi connectivity index (χ0v) is 20.0. The predicted octanol–water partition coefficient (Wildman–Crippen LogP) is 4.57. The van der Waals surface area contributed by atoms with Gasteiger partial charge >= 0.3 is 11.8 Å². The number of anilines is 2. The first-order valence-corrected chi connectivity index (χ1v) is 11.2. The molecule has 9 heteroatoms. The number of hydrogen-bond donors (Lipinski definition) is 3. The molecule has 3 aromatic carbocycles. The normalized spacial score (nSPS) is 10.7. The number of rotatable bonds is 8. The number of amides is 3. The molecule has 0 fully saturated rings. The third-order valence-electron chi connectivity index (χ3n) is 4.78. The van der Waals surface area contributed by atoms with Gasteiger partial charge in [0.2, 0.25) is 0 Å². The quantitative estimate of drug-likeness (QED) is 0.243. The van der Waals surface area contributed by atoms with E-state index in [-0.39, 0.29) is 12.5 Å². The molecule has 0 heterocycles. The van der Waals surface area contributed by atoms with E-state index in [2.05, 4.69) is 35.0 Å². The molecule has 0 aliphatic heterocycles. The second-order valence-electron chi connectivity index (χ2n) is 7.85. The lowest BCUT2D eigenvalue weighted by Gasteiger charge is -2.08. The fourth-order valence-electron chi connectivity index (χ4n) is 2.92. The molecule has 0 radical (unpaired) electrons. The SMILES string of the molecule is CC(C)c1ccc(NC(=O)C(=O)N/N=C\c2ccc(OCC(=O)Nc3cccc(Cl)c3)cc2)cc1. The van der Waals surface area contributed by atoms with E-state index in [0.717, 1.165) is 5.56 Å². The van der Waals surface area contributed by atoms with Crippen LogP contribution in [0.15, 0.2) is 77.9 Å². The van der Waals surface area contributed by atoms with Crippen molar-refractivity contribution in [1.82, 2.24) is 5.43 Å². The Labute approximate surface area is 208 Å². The Morgan fingerprint density at radius 1 is 0.914 bits per heavy atom. The number of halogens is 1. The summed E-state index contributed by atoms with van der Waals surface area (Å²) in [5, 5.41) is 9.54. The summed E-state index contributed by atoms with van der Waals surface area (Å²) in [6.07, 6.45) is 1.39. The van der Waals surface area contributed by atoms with Crippen molar-refractivity contribution in [3.05, 3.63) is 88.9 Å². The van der Waals surface area contributed by atoms with Crippen molar-refractivity contribution in [2.24, 2.45) is 5.10 Å². The van der Waals surface area contributed by atoms with E-state index in [1.54, 1.807) is 60.7 Å². The second-order valence-corrected chi connectivity index (χ2v) is 8.28. The minimum atomic E-state index is -0.889. The van der Waals surface area contributed by atoms with Gasteiger partial charge in [0.1, 0.15) is 5.75 Å². The molecule has 0 bridgehead atoms. The summed E-state index contributed by atoms with van der Waals surface area (Å²) >= 11 is 5.89. The lowest BCUT2D eigenvalue weighted by molar-refractivity contribution is -0.136. The van der Waals surface area contributed by atoms with Crippen molar-refractivity contribution in [2.75, 3.05) is 17.2 Å². The third kappa shape index (κ3) is 8.28. The van der Waals surface area contributed by atoms with Gasteiger partial charge in [-0.05, 0) is 71.6 Å². The molecule has 0 aliphatic rings. The minimum absolute atomic E-state index is 0.175. The maximum Gasteiger partial charge on any atom is 0.329 e. The Morgan fingerprint density at radius 2 is 1.63 bits per heavy atom. The van der Waals surface area contributed by atoms with Crippen molar-refractivity contribution >= 4 is 46.9 Å². The summed E-state index contributed by atoms with van der Waals surface area (Å²) < 4.78 is 5.46. The van der Waals surface area contributed by atoms with Crippen molar-refractivity contribution in [2.45, 2.75) is 19.8 Å². The maximum absolute atomic E-state index is 12.0. The molecule has 0 saturated carbocycles. The van der Waals surface area contributed by atoms with Crippen molar-refractivity contribution in [3.8, 4) is 5.75 Å². The lowest BCUT2D eigenvalue weighted by Crippen LogP contribution is -2.32. The van der Waals surface area contributed by atoms with Crippen molar-refractivity contribution < 1.29 is 19.1 Å². The zero-order valence-electron chi connectivity index (χ0n) is 19.2. The topological polar surface area (TPSA) is 109 Å². The van der Waals surface area contributed by atoms with Crippen LogP contribution in [0.3, 0.4) is 0 Å². The number of hydrazone groups is 1. The van der Waals surface area contributed by atoms with Crippen LogP contribution in [-0.4, -0.2) is 30.5 Å². The van der Waals surface area contributed by atoms with Gasteiger partial charge < -0.3 is 15.4 Å². The summed E-state index contributed by atoms with van der Waals surface area (Å²) in [7, 11) is 0. The van der Waals surface area contributed by atoms with Gasteiger partial charge in [-0.2, -0.15) is 5.10 Å². The molecule has 3 aromatic rings. The number of ether oxygens (including phenoxy) is 1. The fraction of sp³-hybridized carbons (Fsp3) is 0.154. The molecular weight excluding hydrogens is 468 g/mol. The number of benzene rings is 3. The molecule has 0 atom stereocenters. The standard InChI is InChI=1S/C26H25ClN4O4/c1-17(2)19-8-10-21(11-9-19)30-25(33)26(34)31-28-15-18-6-12-23(13-7-18)35-16-24(32)29-22-5-3-4-20(27)14-22/h3-15,17H,16H2,1-2H3,(H,29,32)(H,30,33)(H,31,34)/b28-15-. The highest BCUT2D eigenvalue weighted by atomic mass is 35.5. The Balaban J connectivity index is 1.42. The first kappa shape index (κ1) is 25.5. The van der Waals surface area contributed by atoms with Crippen LogP contribution in [0.25, 0.3) is 0 Å². The highest BCUT2D eigenvalue weighted by Crippen LogP contribution is 2.17. The monoisotopic (exact) mass is 492 g/mol. The minimum Gasteiger partial charge on any atom is -0.484 e. The Bertz CT molecular complexity index is 1210. The van der Waals surface area contributed by atoms with Gasteiger partial charge in [0, 0.05) is 16.4 Å². The van der Waals surface area contributed by atoms with Gasteiger partial charge in [0.25, 0.3) is 5.91 Å². The average molecular weight is 493 g/mol. The lowest BCUT2D eigenvalue weighted by atomic mass is 10.0. The smallest absolute Gasteiger partial charge is 0.329 e. The second kappa shape index (κ2) is 12.3. The number of hydrogen-bond acceptors (Lipinski definition) is 5. The maximum atomic E-state index is 12.0. The number of carbonyl (C=O) groups is 3. The van der Waals surface area contributed by atoms with Crippen LogP contribution in [0.5, 0.6) is 5.75 Å². The van der Waals surface area contributed by atoms with Crippen LogP contribution < -0.4 is 20.8 Å². The fourth-order valence-corrected chi connectivity index (χ4v) is 3.11. The molecule has 0 aliphatic carbocycles. The number of nitrogens with zero attached hydrogens (tertiary/aromatic N) is 1. The molecule has 3 amide bonds. The molecule has 0 unspecified atom stereocenters. The van der Waals surface area contributed by atoms with Crippen LogP contribution in [0.2, 0.25) is 5.02 Å². The zero-order chi connectivity index (χ0) is 25.2. The predicted molar refractivity (Wildman–Crippen MR) is 137 cm³/mol. The first-order chi connectivity index (χ1) is 16.8. The van der Waals surface area contributed by atoms with Crippen LogP contribution in [-0.2, 0) is 14.4 Å². The van der Waals surface area contributed by atoms with Gasteiger partial charge in [-0.25, -0.2) is 5.43 Å². The summed E-state index contributed by atoms with van der Waals surface area (Å²) in [6.45, 7) is 3.97.